The molecule has 0 spiro atoms. The minimum atomic E-state index is -0.0437. The summed E-state index contributed by atoms with van der Waals surface area (Å²) in [5, 5.41) is 8.98. The van der Waals surface area contributed by atoms with Crippen LogP contribution in [-0.2, 0) is 0 Å². The van der Waals surface area contributed by atoms with E-state index in [0.29, 0.717) is 0 Å². The van der Waals surface area contributed by atoms with E-state index < -0.39 is 0 Å². The second-order valence-corrected chi connectivity index (χ2v) is 15.1. The van der Waals surface area contributed by atoms with Gasteiger partial charge in [-0.1, -0.05) is 140 Å². The maximum absolute atomic E-state index is 3.98. The number of rotatable bonds is 6. The van der Waals surface area contributed by atoms with Crippen LogP contribution in [0.4, 0.5) is 0 Å². The van der Waals surface area contributed by atoms with Gasteiger partial charge in [0.15, 0.2) is 0 Å². The molecule has 0 fully saturated rings. The second kappa shape index (κ2) is 13.6. The summed E-state index contributed by atoms with van der Waals surface area (Å²) in [6, 6.07) is 72.7. The average Bonchev–Trinajstić information content (AvgIpc) is 3.79. The van der Waals surface area contributed by atoms with Gasteiger partial charge in [-0.15, -0.1) is 0 Å². The molecule has 3 heterocycles. The number of nitrogens with zero attached hydrogens (tertiary/aromatic N) is 3. The predicted molar refractivity (Wildman–Crippen MR) is 238 cm³/mol. The van der Waals surface area contributed by atoms with Crippen molar-refractivity contribution in [3.63, 3.8) is 0 Å². The minimum absolute atomic E-state index is 0.0437. The molecule has 0 bridgehead atoms. The van der Waals surface area contributed by atoms with E-state index in [9.17, 15) is 0 Å². The number of nitrogens with one attached hydrogen (secondary N) is 1. The molecular formula is C53H40N4. The lowest BCUT2D eigenvalue weighted by Gasteiger charge is -2.40. The molecule has 8 aromatic carbocycles. The Balaban J connectivity index is 1.02. The van der Waals surface area contributed by atoms with E-state index in [2.05, 4.69) is 233 Å². The summed E-state index contributed by atoms with van der Waals surface area (Å²) in [5.74, 6) is 0. The quantitative estimate of drug-likeness (QED) is 0.184. The summed E-state index contributed by atoms with van der Waals surface area (Å²) >= 11 is 0. The van der Waals surface area contributed by atoms with E-state index in [-0.39, 0.29) is 12.2 Å². The van der Waals surface area contributed by atoms with Gasteiger partial charge in [-0.2, -0.15) is 0 Å². The fourth-order valence-corrected chi connectivity index (χ4v) is 9.10. The van der Waals surface area contributed by atoms with Crippen LogP contribution < -0.4 is 5.32 Å². The van der Waals surface area contributed by atoms with Crippen LogP contribution in [-0.4, -0.2) is 21.1 Å². The van der Waals surface area contributed by atoms with E-state index in [0.717, 1.165) is 5.69 Å². The third kappa shape index (κ3) is 5.56. The number of para-hydroxylation sites is 3. The molecule has 4 heteroatoms. The zero-order chi connectivity index (χ0) is 37.9. The second-order valence-electron chi connectivity index (χ2n) is 15.1. The first-order valence-corrected chi connectivity index (χ1v) is 19.7. The summed E-state index contributed by atoms with van der Waals surface area (Å²) in [7, 11) is 2.20. The molecule has 272 valence electrons. The molecule has 0 saturated carbocycles. The molecule has 57 heavy (non-hydrogen) atoms. The van der Waals surface area contributed by atoms with Crippen LogP contribution in [0, 0.1) is 0 Å². The van der Waals surface area contributed by atoms with Crippen molar-refractivity contribution in [3.05, 3.63) is 223 Å². The number of hydrogen-bond donors (Lipinski definition) is 1. The van der Waals surface area contributed by atoms with Crippen molar-refractivity contribution in [1.82, 2.24) is 19.4 Å². The minimum Gasteiger partial charge on any atom is -0.355 e. The number of benzene rings is 8. The lowest BCUT2D eigenvalue weighted by molar-refractivity contribution is 0.263. The molecule has 0 amide bonds. The molecule has 1 N–H and O–H groups in total. The fourth-order valence-electron chi connectivity index (χ4n) is 9.10. The first-order valence-electron chi connectivity index (χ1n) is 19.7. The van der Waals surface area contributed by atoms with Gasteiger partial charge in [-0.3, -0.25) is 5.32 Å². The monoisotopic (exact) mass is 732 g/mol. The van der Waals surface area contributed by atoms with Crippen LogP contribution in [0.1, 0.15) is 28.9 Å². The standard InChI is InChI=1S/C53H40N4/c1-55-52(37-18-7-3-8-19-37)35-47(36-16-5-2-6-17-36)54-53(55)40-20-15-23-42(32-40)57-49-27-14-12-25-44(49)46-34-39(29-31-51(46)57)38-28-30-50-45(33-38)43-24-11-13-26-48(43)56(50)41-21-9-4-10-22-41/h2-35,47,53-54H,1H3. The Morgan fingerprint density at radius 3 is 1.51 bits per heavy atom. The van der Waals surface area contributed by atoms with Crippen LogP contribution >= 0.6 is 0 Å². The van der Waals surface area contributed by atoms with Crippen LogP contribution in [0.15, 0.2) is 206 Å². The highest BCUT2D eigenvalue weighted by Crippen LogP contribution is 2.40. The van der Waals surface area contributed by atoms with Gasteiger partial charge in [0.05, 0.1) is 28.1 Å². The zero-order valence-electron chi connectivity index (χ0n) is 31.6. The molecule has 0 radical (unpaired) electrons. The summed E-state index contributed by atoms with van der Waals surface area (Å²) < 4.78 is 4.81. The molecule has 4 nitrogen and oxygen atoms in total. The smallest absolute Gasteiger partial charge is 0.106 e. The Morgan fingerprint density at radius 1 is 0.386 bits per heavy atom. The van der Waals surface area contributed by atoms with Crippen molar-refractivity contribution in [1.29, 1.82) is 0 Å². The van der Waals surface area contributed by atoms with E-state index >= 15 is 0 Å². The first kappa shape index (κ1) is 33.2. The molecule has 2 unspecified atom stereocenters. The third-order valence-corrected chi connectivity index (χ3v) is 11.8. The molecule has 2 aromatic heterocycles. The van der Waals surface area contributed by atoms with E-state index in [1.807, 2.05) is 0 Å². The molecular weight excluding hydrogens is 693 g/mol. The van der Waals surface area contributed by atoms with Crippen molar-refractivity contribution in [2.24, 2.45) is 0 Å². The molecule has 0 saturated heterocycles. The van der Waals surface area contributed by atoms with E-state index in [1.54, 1.807) is 0 Å². The summed E-state index contributed by atoms with van der Waals surface area (Å²) in [4.78, 5) is 2.38. The SMILES string of the molecule is CN1C(c2ccccc2)=CC(c2ccccc2)NC1c1cccc(-n2c3ccccc3c3cc(-c4ccc5c(c4)c4ccccc4n5-c4ccccc4)ccc32)c1. The van der Waals surface area contributed by atoms with E-state index in [1.165, 1.54) is 82.8 Å². The van der Waals surface area contributed by atoms with Gasteiger partial charge >= 0.3 is 0 Å². The van der Waals surface area contributed by atoms with Crippen LogP contribution in [0.5, 0.6) is 0 Å². The summed E-state index contributed by atoms with van der Waals surface area (Å²) in [5.41, 5.74) is 14.4. The lowest BCUT2D eigenvalue weighted by atomic mass is 9.97. The number of hydrogen-bond acceptors (Lipinski definition) is 2. The lowest BCUT2D eigenvalue weighted by Crippen LogP contribution is -2.40. The Labute approximate surface area is 332 Å². The van der Waals surface area contributed by atoms with Crippen LogP contribution in [0.2, 0.25) is 0 Å². The van der Waals surface area contributed by atoms with Crippen molar-refractivity contribution in [3.8, 4) is 22.5 Å². The van der Waals surface area contributed by atoms with Crippen LogP contribution in [0.3, 0.4) is 0 Å². The zero-order valence-corrected chi connectivity index (χ0v) is 31.6. The van der Waals surface area contributed by atoms with Crippen molar-refractivity contribution in [2.75, 3.05) is 7.05 Å². The average molecular weight is 733 g/mol. The Morgan fingerprint density at radius 2 is 0.877 bits per heavy atom. The maximum Gasteiger partial charge on any atom is 0.106 e. The highest BCUT2D eigenvalue weighted by molar-refractivity contribution is 6.12. The normalized spacial score (nSPS) is 15.8. The van der Waals surface area contributed by atoms with Crippen LogP contribution in [0.25, 0.3) is 71.8 Å². The van der Waals surface area contributed by atoms with Gasteiger partial charge in [0, 0.05) is 45.7 Å². The highest BCUT2D eigenvalue weighted by Gasteiger charge is 2.29. The number of aromatic nitrogens is 2. The van der Waals surface area contributed by atoms with Gasteiger partial charge in [0.1, 0.15) is 6.17 Å². The molecule has 10 aromatic rings. The Kier molecular flexibility index (Phi) is 7.90. The fraction of sp³-hybridized carbons (Fsp3) is 0.0566. The molecule has 1 aliphatic rings. The first-order chi connectivity index (χ1) is 28.2. The van der Waals surface area contributed by atoms with Crippen molar-refractivity contribution < 1.29 is 0 Å². The maximum atomic E-state index is 3.98. The third-order valence-electron chi connectivity index (χ3n) is 11.8. The predicted octanol–water partition coefficient (Wildman–Crippen LogP) is 12.9. The Hall–Kier alpha value is -7.14. The van der Waals surface area contributed by atoms with Gasteiger partial charge in [-0.25, -0.2) is 0 Å². The largest absolute Gasteiger partial charge is 0.355 e. The van der Waals surface area contributed by atoms with Gasteiger partial charge in [0.2, 0.25) is 0 Å². The molecule has 2 atom stereocenters. The van der Waals surface area contributed by atoms with Gasteiger partial charge in [0.25, 0.3) is 0 Å². The molecule has 11 rings (SSSR count). The number of fused-ring (bicyclic) bond motifs is 6. The Bertz CT molecular complexity index is 3120. The topological polar surface area (TPSA) is 25.1 Å². The molecule has 0 aliphatic carbocycles. The van der Waals surface area contributed by atoms with Crippen molar-refractivity contribution >= 4 is 49.3 Å². The van der Waals surface area contributed by atoms with Crippen molar-refractivity contribution in [2.45, 2.75) is 12.2 Å². The summed E-state index contributed by atoms with van der Waals surface area (Å²) in [6.07, 6.45) is 2.31. The molecule has 1 aliphatic heterocycles. The summed E-state index contributed by atoms with van der Waals surface area (Å²) in [6.45, 7) is 0. The van der Waals surface area contributed by atoms with Gasteiger partial charge < -0.3 is 14.0 Å². The van der Waals surface area contributed by atoms with Gasteiger partial charge in [-0.05, 0) is 94.6 Å². The highest BCUT2D eigenvalue weighted by atomic mass is 15.3. The van der Waals surface area contributed by atoms with E-state index in [4.69, 9.17) is 0 Å².